The molecule has 2 N–H and O–H groups in total. The maximum atomic E-state index is 12.4. The highest BCUT2D eigenvalue weighted by atomic mass is 19.4. The number of rotatable bonds is 7. The van der Waals surface area contributed by atoms with E-state index in [1.54, 1.807) is 41.4 Å². The molecular weight excluding hydrogens is 413 g/mol. The summed E-state index contributed by atoms with van der Waals surface area (Å²) in [7, 11) is 0. The Morgan fingerprint density at radius 3 is 2.55 bits per heavy atom. The van der Waals surface area contributed by atoms with Crippen molar-refractivity contribution in [2.24, 2.45) is 5.73 Å². The van der Waals surface area contributed by atoms with Crippen molar-refractivity contribution in [2.75, 3.05) is 0 Å². The number of benzene rings is 1. The van der Waals surface area contributed by atoms with Crippen LogP contribution in [0.3, 0.4) is 0 Å². The van der Waals surface area contributed by atoms with Crippen LogP contribution in [0, 0.1) is 0 Å². The fourth-order valence-electron chi connectivity index (χ4n) is 3.27. The standard InChI is InChI=1S/C20H17F3N6O2/c21-20(22,23)31-14-6-4-13(5-7-14)12-28-17(27-15-3-1-8-25-19(15)28)11-16(18(24)30)29-10-2-9-26-29/h1-10,16H,11-12H2,(H2,24,30). The molecule has 0 spiro atoms. The molecule has 1 amide bonds. The molecule has 0 aliphatic rings. The van der Waals surface area contributed by atoms with Crippen molar-refractivity contribution in [1.82, 2.24) is 24.3 Å². The second-order valence-corrected chi connectivity index (χ2v) is 6.76. The fourth-order valence-corrected chi connectivity index (χ4v) is 3.27. The van der Waals surface area contributed by atoms with Gasteiger partial charge in [-0.05, 0) is 35.9 Å². The van der Waals surface area contributed by atoms with Crippen LogP contribution in [0.2, 0.25) is 0 Å². The van der Waals surface area contributed by atoms with E-state index in [1.165, 1.54) is 28.9 Å². The van der Waals surface area contributed by atoms with Crippen molar-refractivity contribution in [1.29, 1.82) is 0 Å². The molecule has 160 valence electrons. The topological polar surface area (TPSA) is 101 Å². The number of hydrogen-bond donors (Lipinski definition) is 1. The third kappa shape index (κ3) is 4.65. The lowest BCUT2D eigenvalue weighted by Gasteiger charge is -2.15. The molecule has 1 atom stereocenters. The molecule has 0 saturated heterocycles. The van der Waals surface area contributed by atoms with Gasteiger partial charge in [0, 0.05) is 25.0 Å². The minimum Gasteiger partial charge on any atom is -0.406 e. The number of halogens is 3. The number of ether oxygens (including phenoxy) is 1. The Kier molecular flexibility index (Phi) is 5.32. The number of alkyl halides is 3. The van der Waals surface area contributed by atoms with Crippen LogP contribution in [0.5, 0.6) is 5.75 Å². The smallest absolute Gasteiger partial charge is 0.406 e. The first-order valence-electron chi connectivity index (χ1n) is 9.23. The number of nitrogens with two attached hydrogens (primary N) is 1. The van der Waals surface area contributed by atoms with E-state index in [9.17, 15) is 18.0 Å². The summed E-state index contributed by atoms with van der Waals surface area (Å²) in [5.74, 6) is -0.329. The van der Waals surface area contributed by atoms with E-state index < -0.39 is 18.3 Å². The second kappa shape index (κ2) is 8.09. The van der Waals surface area contributed by atoms with Crippen LogP contribution in [0.1, 0.15) is 17.4 Å². The summed E-state index contributed by atoms with van der Waals surface area (Å²) in [6, 6.07) is 9.99. The zero-order chi connectivity index (χ0) is 22.0. The van der Waals surface area contributed by atoms with Crippen LogP contribution >= 0.6 is 0 Å². The lowest BCUT2D eigenvalue weighted by molar-refractivity contribution is -0.274. The number of nitrogens with zero attached hydrogens (tertiary/aromatic N) is 5. The first-order valence-corrected chi connectivity index (χ1v) is 9.23. The van der Waals surface area contributed by atoms with Gasteiger partial charge in [0.2, 0.25) is 5.91 Å². The SMILES string of the molecule is NC(=O)C(Cc1nc2cccnc2n1Cc1ccc(OC(F)(F)F)cc1)n1cccn1. The summed E-state index contributed by atoms with van der Waals surface area (Å²) < 4.78 is 44.3. The summed E-state index contributed by atoms with van der Waals surface area (Å²) >= 11 is 0. The zero-order valence-corrected chi connectivity index (χ0v) is 16.0. The number of imidazole rings is 1. The normalized spacial score (nSPS) is 12.7. The average Bonchev–Trinajstić information content (AvgIpc) is 3.35. The van der Waals surface area contributed by atoms with Crippen LogP contribution in [0.4, 0.5) is 13.2 Å². The van der Waals surface area contributed by atoms with E-state index in [0.717, 1.165) is 0 Å². The number of fused-ring (bicyclic) bond motifs is 1. The van der Waals surface area contributed by atoms with Gasteiger partial charge in [0.25, 0.3) is 0 Å². The Morgan fingerprint density at radius 2 is 1.90 bits per heavy atom. The van der Waals surface area contributed by atoms with Crippen LogP contribution in [0.15, 0.2) is 61.1 Å². The molecule has 0 saturated carbocycles. The predicted molar refractivity (Wildman–Crippen MR) is 104 cm³/mol. The minimum atomic E-state index is -4.75. The number of carbonyl (C=O) groups is 1. The Balaban J connectivity index is 1.66. The highest BCUT2D eigenvalue weighted by molar-refractivity contribution is 5.79. The first-order chi connectivity index (χ1) is 14.8. The zero-order valence-electron chi connectivity index (χ0n) is 16.0. The monoisotopic (exact) mass is 430 g/mol. The molecule has 31 heavy (non-hydrogen) atoms. The summed E-state index contributed by atoms with van der Waals surface area (Å²) in [6.45, 7) is 0.278. The maximum Gasteiger partial charge on any atom is 0.573 e. The number of aromatic nitrogens is 5. The third-order valence-corrected chi connectivity index (χ3v) is 4.63. The molecule has 1 unspecified atom stereocenters. The summed E-state index contributed by atoms with van der Waals surface area (Å²) in [5.41, 5.74) is 7.49. The summed E-state index contributed by atoms with van der Waals surface area (Å²) in [5, 5.41) is 4.10. The van der Waals surface area contributed by atoms with Crippen molar-refractivity contribution in [3.63, 3.8) is 0 Å². The van der Waals surface area contributed by atoms with Gasteiger partial charge in [-0.1, -0.05) is 12.1 Å². The van der Waals surface area contributed by atoms with E-state index in [0.29, 0.717) is 22.6 Å². The van der Waals surface area contributed by atoms with Gasteiger partial charge in [-0.15, -0.1) is 13.2 Å². The minimum absolute atomic E-state index is 0.169. The molecule has 0 aliphatic carbocycles. The highest BCUT2D eigenvalue weighted by Gasteiger charge is 2.31. The molecule has 0 bridgehead atoms. The second-order valence-electron chi connectivity index (χ2n) is 6.76. The van der Waals surface area contributed by atoms with Gasteiger partial charge >= 0.3 is 6.36 Å². The molecule has 8 nitrogen and oxygen atoms in total. The molecule has 11 heteroatoms. The van der Waals surface area contributed by atoms with Crippen molar-refractivity contribution in [3.8, 4) is 5.75 Å². The average molecular weight is 430 g/mol. The molecule has 0 aliphatic heterocycles. The molecule has 1 aromatic carbocycles. The van der Waals surface area contributed by atoms with E-state index >= 15 is 0 Å². The van der Waals surface area contributed by atoms with E-state index in [-0.39, 0.29) is 18.7 Å². The quantitative estimate of drug-likeness (QED) is 0.486. The van der Waals surface area contributed by atoms with Gasteiger partial charge in [0.15, 0.2) is 5.65 Å². The fraction of sp³-hybridized carbons (Fsp3) is 0.200. The summed E-state index contributed by atoms with van der Waals surface area (Å²) in [4.78, 5) is 21.0. The van der Waals surface area contributed by atoms with Crippen molar-refractivity contribution in [3.05, 3.63) is 72.4 Å². The number of amides is 1. The Hall–Kier alpha value is -3.89. The molecule has 4 rings (SSSR count). The number of hydrogen-bond acceptors (Lipinski definition) is 5. The van der Waals surface area contributed by atoms with Crippen molar-refractivity contribution in [2.45, 2.75) is 25.4 Å². The number of carbonyl (C=O) groups excluding carboxylic acids is 1. The van der Waals surface area contributed by atoms with Crippen LogP contribution < -0.4 is 10.5 Å². The van der Waals surface area contributed by atoms with Gasteiger partial charge in [-0.2, -0.15) is 5.10 Å². The third-order valence-electron chi connectivity index (χ3n) is 4.63. The predicted octanol–water partition coefficient (Wildman–Crippen LogP) is 2.84. The van der Waals surface area contributed by atoms with Crippen molar-refractivity contribution >= 4 is 17.1 Å². The Morgan fingerprint density at radius 1 is 1.13 bits per heavy atom. The van der Waals surface area contributed by atoms with Crippen LogP contribution in [-0.2, 0) is 17.8 Å². The van der Waals surface area contributed by atoms with Gasteiger partial charge < -0.3 is 15.0 Å². The molecule has 3 aromatic heterocycles. The number of primary amides is 1. The van der Waals surface area contributed by atoms with E-state index in [2.05, 4.69) is 19.8 Å². The molecule has 4 aromatic rings. The Bertz CT molecular complexity index is 1190. The number of pyridine rings is 1. The molecule has 0 radical (unpaired) electrons. The summed E-state index contributed by atoms with van der Waals surface area (Å²) in [6.07, 6.45) is 0.215. The molecule has 3 heterocycles. The van der Waals surface area contributed by atoms with E-state index in [4.69, 9.17) is 5.73 Å². The van der Waals surface area contributed by atoms with Gasteiger partial charge in [-0.25, -0.2) is 9.97 Å². The molecule has 0 fully saturated rings. The van der Waals surface area contributed by atoms with Crippen LogP contribution in [0.25, 0.3) is 11.2 Å². The van der Waals surface area contributed by atoms with Gasteiger partial charge in [0.05, 0.1) is 6.54 Å². The van der Waals surface area contributed by atoms with Crippen LogP contribution in [-0.4, -0.2) is 36.6 Å². The van der Waals surface area contributed by atoms with Gasteiger partial charge in [-0.3, -0.25) is 9.48 Å². The maximum absolute atomic E-state index is 12.4. The molecular formula is C20H17F3N6O2. The largest absolute Gasteiger partial charge is 0.573 e. The lowest BCUT2D eigenvalue weighted by Crippen LogP contribution is -2.29. The Labute approximate surface area is 174 Å². The highest BCUT2D eigenvalue weighted by Crippen LogP contribution is 2.24. The van der Waals surface area contributed by atoms with E-state index in [1.807, 2.05) is 0 Å². The lowest BCUT2D eigenvalue weighted by atomic mass is 10.1. The van der Waals surface area contributed by atoms with Crippen molar-refractivity contribution < 1.29 is 22.7 Å². The first kappa shape index (κ1) is 20.4. The van der Waals surface area contributed by atoms with Gasteiger partial charge in [0.1, 0.15) is 23.1 Å².